The van der Waals surface area contributed by atoms with Crippen LogP contribution in [-0.4, -0.2) is 24.3 Å². The third-order valence-corrected chi connectivity index (χ3v) is 4.71. The van der Waals surface area contributed by atoms with Crippen LogP contribution in [0.1, 0.15) is 11.1 Å². The van der Waals surface area contributed by atoms with E-state index >= 15 is 0 Å². The number of carbonyl (C=O) groups excluding carboxylic acids is 1. The number of benzene rings is 2. The highest BCUT2D eigenvalue weighted by molar-refractivity contribution is 9.10. The summed E-state index contributed by atoms with van der Waals surface area (Å²) in [5.74, 6) is -0.388. The second kappa shape index (κ2) is 6.59. The topological polar surface area (TPSA) is 55.8 Å². The lowest BCUT2D eigenvalue weighted by molar-refractivity contribution is -0.172. The van der Waals surface area contributed by atoms with Crippen LogP contribution in [0.25, 0.3) is 6.08 Å². The number of hydrogen-bond donors (Lipinski definition) is 1. The summed E-state index contributed by atoms with van der Waals surface area (Å²) >= 11 is 9.51. The van der Waals surface area contributed by atoms with Gasteiger partial charge in [-0.3, -0.25) is 0 Å². The molecule has 1 N–H and O–H groups in total. The predicted molar refractivity (Wildman–Crippen MR) is 95.0 cm³/mol. The second-order valence-corrected chi connectivity index (χ2v) is 6.64. The van der Waals surface area contributed by atoms with E-state index in [9.17, 15) is 9.90 Å². The minimum Gasteiger partial charge on any atom is -0.480 e. The molecule has 1 aliphatic rings. The molecule has 124 valence electrons. The molecule has 1 aliphatic heterocycles. The molecule has 2 aromatic rings. The molecule has 0 bridgehead atoms. The summed E-state index contributed by atoms with van der Waals surface area (Å²) < 4.78 is 11.5. The van der Waals surface area contributed by atoms with E-state index in [4.69, 9.17) is 21.1 Å². The molecule has 0 radical (unpaired) electrons. The summed E-state index contributed by atoms with van der Waals surface area (Å²) in [6, 6.07) is 12.1. The Bertz CT molecular complexity index is 803. The molecular weight excluding hydrogens is 396 g/mol. The summed E-state index contributed by atoms with van der Waals surface area (Å²) in [6.45, 7) is 0. The molecule has 0 amide bonds. The Morgan fingerprint density at radius 1 is 1.29 bits per heavy atom. The molecule has 0 aromatic heterocycles. The van der Waals surface area contributed by atoms with Gasteiger partial charge in [0, 0.05) is 10.0 Å². The standard InChI is InChI=1S/C18H14BrClO4/c1-23-17(21)18(22,12-6-8-13(19)9-7-12)15-10-5-11-3-2-4-14(20)16(11)24-15/h2-10,15,22H,1H3. The molecule has 1 heterocycles. The number of fused-ring (bicyclic) bond motifs is 1. The van der Waals surface area contributed by atoms with Crippen LogP contribution >= 0.6 is 27.5 Å². The van der Waals surface area contributed by atoms with Crippen molar-refractivity contribution in [1.29, 1.82) is 0 Å². The summed E-state index contributed by atoms with van der Waals surface area (Å²) in [4.78, 5) is 12.4. The lowest BCUT2D eigenvalue weighted by atomic mass is 9.86. The number of esters is 1. The minimum atomic E-state index is -2.00. The minimum absolute atomic E-state index is 0.364. The van der Waals surface area contributed by atoms with Crippen LogP contribution in [0.3, 0.4) is 0 Å². The van der Waals surface area contributed by atoms with E-state index in [1.807, 2.05) is 6.07 Å². The van der Waals surface area contributed by atoms with Gasteiger partial charge in [0.1, 0.15) is 5.75 Å². The highest BCUT2D eigenvalue weighted by atomic mass is 79.9. The monoisotopic (exact) mass is 408 g/mol. The van der Waals surface area contributed by atoms with Gasteiger partial charge in [0.15, 0.2) is 6.10 Å². The van der Waals surface area contributed by atoms with Crippen molar-refractivity contribution in [3.05, 3.63) is 69.2 Å². The Hall–Kier alpha value is -1.82. The fourth-order valence-electron chi connectivity index (χ4n) is 2.62. The smallest absolute Gasteiger partial charge is 0.346 e. The molecule has 24 heavy (non-hydrogen) atoms. The van der Waals surface area contributed by atoms with Gasteiger partial charge >= 0.3 is 5.97 Å². The van der Waals surface area contributed by atoms with Gasteiger partial charge in [-0.05, 0) is 29.8 Å². The van der Waals surface area contributed by atoms with Gasteiger partial charge in [-0.1, -0.05) is 57.9 Å². The first-order valence-corrected chi connectivity index (χ1v) is 8.34. The van der Waals surface area contributed by atoms with Gasteiger partial charge in [0.25, 0.3) is 0 Å². The fraction of sp³-hybridized carbons (Fsp3) is 0.167. The van der Waals surface area contributed by atoms with Crippen molar-refractivity contribution in [2.75, 3.05) is 7.11 Å². The van der Waals surface area contributed by atoms with E-state index in [-0.39, 0.29) is 0 Å². The van der Waals surface area contributed by atoms with Crippen molar-refractivity contribution in [2.24, 2.45) is 0 Å². The summed E-state index contributed by atoms with van der Waals surface area (Å²) in [5.41, 5.74) is -0.854. The molecule has 2 unspecified atom stereocenters. The molecule has 6 heteroatoms. The number of aliphatic hydroxyl groups is 1. The average molecular weight is 410 g/mol. The van der Waals surface area contributed by atoms with Crippen molar-refractivity contribution in [2.45, 2.75) is 11.7 Å². The predicted octanol–water partition coefficient (Wildman–Crippen LogP) is 3.94. The van der Waals surface area contributed by atoms with Crippen molar-refractivity contribution in [1.82, 2.24) is 0 Å². The molecule has 0 spiro atoms. The molecule has 4 nitrogen and oxygen atoms in total. The highest BCUT2D eigenvalue weighted by Gasteiger charge is 2.48. The maximum absolute atomic E-state index is 12.4. The van der Waals surface area contributed by atoms with Gasteiger partial charge in [0.05, 0.1) is 12.1 Å². The largest absolute Gasteiger partial charge is 0.480 e. The zero-order chi connectivity index (χ0) is 17.3. The molecule has 3 rings (SSSR count). The van der Waals surface area contributed by atoms with Crippen LogP contribution < -0.4 is 4.74 Å². The molecule has 0 saturated heterocycles. The van der Waals surface area contributed by atoms with Crippen molar-refractivity contribution in [3.63, 3.8) is 0 Å². The van der Waals surface area contributed by atoms with Gasteiger partial charge < -0.3 is 14.6 Å². The van der Waals surface area contributed by atoms with Crippen LogP contribution in [0.4, 0.5) is 0 Å². The molecule has 2 atom stereocenters. The maximum atomic E-state index is 12.4. The Kier molecular flexibility index (Phi) is 4.67. The van der Waals surface area contributed by atoms with Gasteiger partial charge in [0.2, 0.25) is 5.60 Å². The quantitative estimate of drug-likeness (QED) is 0.780. The third-order valence-electron chi connectivity index (χ3n) is 3.89. The van der Waals surface area contributed by atoms with Gasteiger partial charge in [-0.25, -0.2) is 4.79 Å². The van der Waals surface area contributed by atoms with Crippen molar-refractivity contribution in [3.8, 4) is 5.75 Å². The summed E-state index contributed by atoms with van der Waals surface area (Å²) in [6.07, 6.45) is 2.42. The van der Waals surface area contributed by atoms with Crippen LogP contribution in [-0.2, 0) is 15.1 Å². The Morgan fingerprint density at radius 3 is 2.67 bits per heavy atom. The van der Waals surface area contributed by atoms with Crippen molar-refractivity contribution < 1.29 is 19.4 Å². The number of methoxy groups -OCH3 is 1. The van der Waals surface area contributed by atoms with E-state index in [0.717, 1.165) is 10.0 Å². The molecule has 0 aliphatic carbocycles. The Labute approximate surface area is 152 Å². The fourth-order valence-corrected chi connectivity index (χ4v) is 3.11. The van der Waals surface area contributed by atoms with Gasteiger partial charge in [-0.15, -0.1) is 0 Å². The Morgan fingerprint density at radius 2 is 2.00 bits per heavy atom. The number of ether oxygens (including phenoxy) is 2. The van der Waals surface area contributed by atoms with Gasteiger partial charge in [-0.2, -0.15) is 0 Å². The summed E-state index contributed by atoms with van der Waals surface area (Å²) in [5, 5.41) is 11.6. The van der Waals surface area contributed by atoms with E-state index in [2.05, 4.69) is 15.9 Å². The molecule has 0 fully saturated rings. The first-order chi connectivity index (χ1) is 11.5. The Balaban J connectivity index is 2.07. The van der Waals surface area contributed by atoms with E-state index in [0.29, 0.717) is 16.3 Å². The molecule has 2 aromatic carbocycles. The van der Waals surface area contributed by atoms with Crippen LogP contribution in [0.2, 0.25) is 5.02 Å². The first-order valence-electron chi connectivity index (χ1n) is 7.17. The summed E-state index contributed by atoms with van der Waals surface area (Å²) in [7, 11) is 1.22. The van der Waals surface area contributed by atoms with Crippen molar-refractivity contribution >= 4 is 39.6 Å². The number of halogens is 2. The highest BCUT2D eigenvalue weighted by Crippen LogP contribution is 2.39. The number of hydrogen-bond acceptors (Lipinski definition) is 4. The second-order valence-electron chi connectivity index (χ2n) is 5.32. The zero-order valence-electron chi connectivity index (χ0n) is 12.7. The lowest BCUT2D eigenvalue weighted by Crippen LogP contribution is -2.50. The van der Waals surface area contributed by atoms with Crippen LogP contribution in [0.15, 0.2) is 53.0 Å². The average Bonchev–Trinajstić information content (AvgIpc) is 2.61. The maximum Gasteiger partial charge on any atom is 0.346 e. The normalized spacial score (nSPS) is 18.2. The third kappa shape index (κ3) is 2.83. The number of para-hydroxylation sites is 1. The zero-order valence-corrected chi connectivity index (χ0v) is 15.0. The van der Waals surface area contributed by atoms with E-state index in [1.54, 1.807) is 48.6 Å². The molecule has 0 saturated carbocycles. The first kappa shape index (κ1) is 17.0. The molecular formula is C18H14BrClO4. The van der Waals surface area contributed by atoms with Crippen LogP contribution in [0, 0.1) is 0 Å². The van der Waals surface area contributed by atoms with Crippen LogP contribution in [0.5, 0.6) is 5.75 Å². The lowest BCUT2D eigenvalue weighted by Gasteiger charge is -2.34. The SMILES string of the molecule is COC(=O)C(O)(c1ccc(Br)cc1)C1C=Cc2cccc(Cl)c2O1. The van der Waals surface area contributed by atoms with E-state index < -0.39 is 17.7 Å². The number of carbonyl (C=O) groups is 1. The van der Waals surface area contributed by atoms with E-state index in [1.165, 1.54) is 7.11 Å². The number of rotatable bonds is 3.